The molecule has 102 valence electrons. The van der Waals surface area contributed by atoms with Crippen molar-refractivity contribution in [2.24, 2.45) is 11.3 Å². The Labute approximate surface area is 112 Å². The first-order valence-corrected chi connectivity index (χ1v) is 6.56. The Hall–Kier alpha value is -0.280. The summed E-state index contributed by atoms with van der Waals surface area (Å²) in [4.78, 5) is 11.8. The molecule has 1 rings (SSSR count). The van der Waals surface area contributed by atoms with Gasteiger partial charge in [-0.15, -0.1) is 12.4 Å². The largest absolute Gasteiger partial charge is 0.355 e. The third-order valence-electron chi connectivity index (χ3n) is 4.01. The highest BCUT2D eigenvalue weighted by atomic mass is 35.5. The Morgan fingerprint density at radius 1 is 1.35 bits per heavy atom. The normalized spacial score (nSPS) is 19.5. The number of halogens is 1. The fraction of sp³-hybridized carbons (Fsp3) is 0.923. The fourth-order valence-corrected chi connectivity index (χ4v) is 2.63. The van der Waals surface area contributed by atoms with Crippen LogP contribution in [0.15, 0.2) is 0 Å². The highest BCUT2D eigenvalue weighted by Crippen LogP contribution is 2.40. The predicted molar refractivity (Wildman–Crippen MR) is 74.5 cm³/mol. The minimum atomic E-state index is 0. The zero-order valence-corrected chi connectivity index (χ0v) is 12.2. The van der Waals surface area contributed by atoms with Gasteiger partial charge in [0.15, 0.2) is 0 Å². The van der Waals surface area contributed by atoms with Gasteiger partial charge in [0.2, 0.25) is 5.91 Å². The molecule has 0 radical (unpaired) electrons. The molecule has 1 unspecified atom stereocenters. The molecule has 0 heterocycles. The van der Waals surface area contributed by atoms with Crippen molar-refractivity contribution < 1.29 is 4.79 Å². The second kappa shape index (κ2) is 7.93. The van der Waals surface area contributed by atoms with Crippen molar-refractivity contribution in [2.75, 3.05) is 20.1 Å². The van der Waals surface area contributed by atoms with Crippen LogP contribution >= 0.6 is 12.4 Å². The molecule has 0 aromatic rings. The molecule has 0 aliphatic heterocycles. The molecular weight excluding hydrogens is 236 g/mol. The molecule has 1 atom stereocenters. The van der Waals surface area contributed by atoms with Crippen molar-refractivity contribution in [3.8, 4) is 0 Å². The van der Waals surface area contributed by atoms with Crippen LogP contribution in [0.5, 0.6) is 0 Å². The minimum absolute atomic E-state index is 0. The summed E-state index contributed by atoms with van der Waals surface area (Å²) in [6, 6.07) is 0. The molecule has 0 bridgehead atoms. The van der Waals surface area contributed by atoms with Crippen LogP contribution in [0, 0.1) is 11.3 Å². The van der Waals surface area contributed by atoms with Gasteiger partial charge >= 0.3 is 0 Å². The van der Waals surface area contributed by atoms with E-state index in [1.807, 2.05) is 14.0 Å². The van der Waals surface area contributed by atoms with E-state index < -0.39 is 0 Å². The van der Waals surface area contributed by atoms with Crippen molar-refractivity contribution in [3.05, 3.63) is 0 Å². The molecule has 1 saturated carbocycles. The molecule has 1 amide bonds. The molecule has 0 aromatic carbocycles. The molecule has 0 aromatic heterocycles. The summed E-state index contributed by atoms with van der Waals surface area (Å²) >= 11 is 0. The van der Waals surface area contributed by atoms with E-state index in [0.717, 1.165) is 13.1 Å². The summed E-state index contributed by atoms with van der Waals surface area (Å²) in [6.07, 6.45) is 6.41. The van der Waals surface area contributed by atoms with Crippen molar-refractivity contribution in [1.29, 1.82) is 0 Å². The van der Waals surface area contributed by atoms with Crippen molar-refractivity contribution >= 4 is 18.3 Å². The van der Waals surface area contributed by atoms with Crippen molar-refractivity contribution in [3.63, 3.8) is 0 Å². The summed E-state index contributed by atoms with van der Waals surface area (Å²) < 4.78 is 0. The SMILES string of the molecule is CCC1(CNC(=O)C(C)CNC)CCCC1.Cl. The third-order valence-corrected chi connectivity index (χ3v) is 4.01. The van der Waals surface area contributed by atoms with Gasteiger partial charge in [0, 0.05) is 19.0 Å². The van der Waals surface area contributed by atoms with Gasteiger partial charge in [-0.3, -0.25) is 4.79 Å². The van der Waals surface area contributed by atoms with E-state index >= 15 is 0 Å². The zero-order chi connectivity index (χ0) is 12.0. The van der Waals surface area contributed by atoms with E-state index in [0.29, 0.717) is 5.41 Å². The van der Waals surface area contributed by atoms with Crippen LogP contribution in [0.1, 0.15) is 46.0 Å². The van der Waals surface area contributed by atoms with Gasteiger partial charge < -0.3 is 10.6 Å². The van der Waals surface area contributed by atoms with E-state index in [4.69, 9.17) is 0 Å². The number of nitrogens with one attached hydrogen (secondary N) is 2. The lowest BCUT2D eigenvalue weighted by Crippen LogP contribution is -2.40. The van der Waals surface area contributed by atoms with Gasteiger partial charge in [-0.1, -0.05) is 26.7 Å². The number of carbonyl (C=O) groups is 1. The Bertz CT molecular complexity index is 227. The predicted octanol–water partition coefficient (Wildman–Crippen LogP) is 2.35. The van der Waals surface area contributed by atoms with E-state index in [2.05, 4.69) is 17.6 Å². The number of carbonyl (C=O) groups excluding carboxylic acids is 1. The van der Waals surface area contributed by atoms with Gasteiger partial charge in [-0.05, 0) is 31.7 Å². The first-order valence-electron chi connectivity index (χ1n) is 6.56. The standard InChI is InChI=1S/C13H26N2O.ClH/c1-4-13(7-5-6-8-13)10-15-12(16)11(2)9-14-3;/h11,14H,4-10H2,1-3H3,(H,15,16);1H. The van der Waals surface area contributed by atoms with Crippen LogP contribution in [0.3, 0.4) is 0 Å². The summed E-state index contributed by atoms with van der Waals surface area (Å²) in [5.74, 6) is 0.259. The van der Waals surface area contributed by atoms with Gasteiger partial charge in [-0.2, -0.15) is 0 Å². The number of rotatable bonds is 6. The first-order chi connectivity index (χ1) is 7.63. The second-order valence-corrected chi connectivity index (χ2v) is 5.24. The molecule has 1 aliphatic rings. The fourth-order valence-electron chi connectivity index (χ4n) is 2.63. The Morgan fingerprint density at radius 2 is 1.94 bits per heavy atom. The average Bonchev–Trinajstić information content (AvgIpc) is 2.75. The number of amides is 1. The molecule has 0 spiro atoms. The van der Waals surface area contributed by atoms with Gasteiger partial charge in [0.1, 0.15) is 0 Å². The van der Waals surface area contributed by atoms with E-state index in [-0.39, 0.29) is 24.2 Å². The van der Waals surface area contributed by atoms with Crippen LogP contribution in [0.2, 0.25) is 0 Å². The molecule has 17 heavy (non-hydrogen) atoms. The monoisotopic (exact) mass is 262 g/mol. The lowest BCUT2D eigenvalue weighted by molar-refractivity contribution is -0.124. The average molecular weight is 263 g/mol. The maximum absolute atomic E-state index is 11.8. The van der Waals surface area contributed by atoms with E-state index in [1.165, 1.54) is 32.1 Å². The number of hydrogen-bond acceptors (Lipinski definition) is 2. The molecule has 1 aliphatic carbocycles. The molecule has 3 nitrogen and oxygen atoms in total. The Kier molecular flexibility index (Phi) is 7.80. The quantitative estimate of drug-likeness (QED) is 0.772. The van der Waals surface area contributed by atoms with Crippen molar-refractivity contribution in [2.45, 2.75) is 46.0 Å². The second-order valence-electron chi connectivity index (χ2n) is 5.24. The highest BCUT2D eigenvalue weighted by Gasteiger charge is 2.32. The number of hydrogen-bond donors (Lipinski definition) is 2. The van der Waals surface area contributed by atoms with Gasteiger partial charge in [-0.25, -0.2) is 0 Å². The zero-order valence-electron chi connectivity index (χ0n) is 11.3. The van der Waals surface area contributed by atoms with Crippen LogP contribution in [0.4, 0.5) is 0 Å². The molecule has 0 saturated heterocycles. The summed E-state index contributed by atoms with van der Waals surface area (Å²) in [7, 11) is 1.88. The Morgan fingerprint density at radius 3 is 2.41 bits per heavy atom. The van der Waals surface area contributed by atoms with Crippen LogP contribution in [-0.2, 0) is 4.79 Å². The maximum atomic E-state index is 11.8. The van der Waals surface area contributed by atoms with Gasteiger partial charge in [0.25, 0.3) is 0 Å². The van der Waals surface area contributed by atoms with Crippen LogP contribution < -0.4 is 10.6 Å². The molecule has 4 heteroatoms. The first kappa shape index (κ1) is 16.7. The van der Waals surface area contributed by atoms with Crippen molar-refractivity contribution in [1.82, 2.24) is 10.6 Å². The lowest BCUT2D eigenvalue weighted by atomic mass is 9.83. The topological polar surface area (TPSA) is 41.1 Å². The summed E-state index contributed by atoms with van der Waals surface area (Å²) in [5, 5.41) is 6.16. The van der Waals surface area contributed by atoms with Gasteiger partial charge in [0.05, 0.1) is 0 Å². The molecular formula is C13H27ClN2O. The Balaban J connectivity index is 0.00000256. The van der Waals surface area contributed by atoms with E-state index in [9.17, 15) is 4.79 Å². The highest BCUT2D eigenvalue weighted by molar-refractivity contribution is 5.85. The molecule has 2 N–H and O–H groups in total. The maximum Gasteiger partial charge on any atom is 0.224 e. The third kappa shape index (κ3) is 4.84. The lowest BCUT2D eigenvalue weighted by Gasteiger charge is -2.28. The smallest absolute Gasteiger partial charge is 0.224 e. The molecule has 1 fully saturated rings. The summed E-state index contributed by atoms with van der Waals surface area (Å²) in [6.45, 7) is 5.84. The van der Waals surface area contributed by atoms with E-state index in [1.54, 1.807) is 0 Å². The minimum Gasteiger partial charge on any atom is -0.355 e. The van der Waals surface area contributed by atoms with Crippen LogP contribution in [-0.4, -0.2) is 26.0 Å². The summed E-state index contributed by atoms with van der Waals surface area (Å²) in [5.41, 5.74) is 0.398. The van der Waals surface area contributed by atoms with Crippen LogP contribution in [0.25, 0.3) is 0 Å².